The number of guanidine groups is 1. The molecule has 7 heteroatoms. The van der Waals surface area contributed by atoms with Crippen molar-refractivity contribution >= 4 is 41.5 Å². The zero-order valence-corrected chi connectivity index (χ0v) is 18.3. The first-order chi connectivity index (χ1) is 12.6. The van der Waals surface area contributed by atoms with E-state index in [0.717, 1.165) is 17.0 Å². The number of carbonyl (C=O) groups excluding carboxylic acids is 1. The molecule has 0 aromatic heterocycles. The van der Waals surface area contributed by atoms with Gasteiger partial charge in [0.15, 0.2) is 5.96 Å². The van der Waals surface area contributed by atoms with Gasteiger partial charge in [-0.05, 0) is 55.8 Å². The van der Waals surface area contributed by atoms with Crippen LogP contribution in [-0.4, -0.2) is 37.0 Å². The number of hydrogen-bond acceptors (Lipinski definition) is 3. The van der Waals surface area contributed by atoms with Crippen molar-refractivity contribution in [2.75, 3.05) is 25.5 Å². The number of halogens is 1. The van der Waals surface area contributed by atoms with Crippen molar-refractivity contribution < 1.29 is 9.53 Å². The zero-order chi connectivity index (χ0) is 18.9. The smallest absolute Gasteiger partial charge is 0.253 e. The topological polar surface area (TPSA) is 80.0 Å². The number of nitrogens with two attached hydrogens (primary N) is 1. The van der Waals surface area contributed by atoms with Crippen LogP contribution in [0.15, 0.2) is 53.5 Å². The summed E-state index contributed by atoms with van der Waals surface area (Å²) in [6, 6.07) is 14.9. The maximum atomic E-state index is 12.3. The fraction of sp³-hybridized carbons (Fsp3) is 0.300. The van der Waals surface area contributed by atoms with E-state index in [9.17, 15) is 4.79 Å². The summed E-state index contributed by atoms with van der Waals surface area (Å²) in [4.78, 5) is 18.4. The number of rotatable bonds is 7. The summed E-state index contributed by atoms with van der Waals surface area (Å²) < 4.78 is 5.12. The lowest BCUT2D eigenvalue weighted by Gasteiger charge is -2.18. The van der Waals surface area contributed by atoms with Crippen LogP contribution >= 0.6 is 24.0 Å². The molecule has 0 aliphatic carbocycles. The Morgan fingerprint density at radius 2 is 1.67 bits per heavy atom. The second kappa shape index (κ2) is 11.4. The number of ether oxygens (including phenoxy) is 1. The fourth-order valence-electron chi connectivity index (χ4n) is 2.48. The van der Waals surface area contributed by atoms with Crippen LogP contribution in [0.3, 0.4) is 0 Å². The highest BCUT2D eigenvalue weighted by Crippen LogP contribution is 2.15. The van der Waals surface area contributed by atoms with Crippen molar-refractivity contribution in [3.63, 3.8) is 0 Å². The molecule has 2 rings (SSSR count). The number of benzene rings is 2. The van der Waals surface area contributed by atoms with Crippen LogP contribution < -0.4 is 15.8 Å². The highest BCUT2D eigenvalue weighted by Gasteiger charge is 2.11. The molecule has 0 heterocycles. The number of nitrogens with one attached hydrogen (secondary N) is 1. The van der Waals surface area contributed by atoms with E-state index in [0.29, 0.717) is 31.2 Å². The molecule has 0 bridgehead atoms. The van der Waals surface area contributed by atoms with Crippen LogP contribution in [0, 0.1) is 0 Å². The predicted octanol–water partition coefficient (Wildman–Crippen LogP) is 3.72. The SMILES string of the molecule is CCN(CC)C(=O)c1ccc(CN=C(N)Nc2ccc(OC)cc2)cc1.I. The predicted molar refractivity (Wildman–Crippen MR) is 121 cm³/mol. The summed E-state index contributed by atoms with van der Waals surface area (Å²) in [5, 5.41) is 3.03. The summed E-state index contributed by atoms with van der Waals surface area (Å²) in [6.07, 6.45) is 0. The molecule has 0 aliphatic rings. The van der Waals surface area contributed by atoms with E-state index >= 15 is 0 Å². The minimum absolute atomic E-state index is 0. The van der Waals surface area contributed by atoms with Gasteiger partial charge in [0.05, 0.1) is 13.7 Å². The lowest BCUT2D eigenvalue weighted by atomic mass is 10.1. The summed E-state index contributed by atoms with van der Waals surface area (Å²) >= 11 is 0. The molecule has 6 nitrogen and oxygen atoms in total. The summed E-state index contributed by atoms with van der Waals surface area (Å²) in [5.41, 5.74) is 8.44. The highest BCUT2D eigenvalue weighted by atomic mass is 127. The number of hydrogen-bond donors (Lipinski definition) is 2. The Labute approximate surface area is 177 Å². The van der Waals surface area contributed by atoms with Gasteiger partial charge in [-0.1, -0.05) is 12.1 Å². The molecule has 0 aliphatic heterocycles. The molecule has 146 valence electrons. The average Bonchev–Trinajstić information content (AvgIpc) is 2.68. The molecule has 0 saturated carbocycles. The third kappa shape index (κ3) is 6.74. The number of methoxy groups -OCH3 is 1. The second-order valence-corrected chi connectivity index (χ2v) is 5.73. The molecule has 0 spiro atoms. The van der Waals surface area contributed by atoms with Gasteiger partial charge < -0.3 is 20.7 Å². The normalized spacial score (nSPS) is 10.7. The Morgan fingerprint density at radius 1 is 1.07 bits per heavy atom. The van der Waals surface area contributed by atoms with Crippen molar-refractivity contribution in [1.29, 1.82) is 0 Å². The molecule has 0 saturated heterocycles. The molecule has 3 N–H and O–H groups in total. The first kappa shape index (κ1) is 22.8. The van der Waals surface area contributed by atoms with E-state index in [4.69, 9.17) is 10.5 Å². The minimum Gasteiger partial charge on any atom is -0.497 e. The van der Waals surface area contributed by atoms with Crippen molar-refractivity contribution in [3.05, 3.63) is 59.7 Å². The monoisotopic (exact) mass is 482 g/mol. The van der Waals surface area contributed by atoms with Crippen molar-refractivity contribution in [1.82, 2.24) is 4.90 Å². The van der Waals surface area contributed by atoms with Gasteiger partial charge in [0, 0.05) is 24.3 Å². The van der Waals surface area contributed by atoms with Gasteiger partial charge in [-0.25, -0.2) is 4.99 Å². The molecule has 27 heavy (non-hydrogen) atoms. The lowest BCUT2D eigenvalue weighted by molar-refractivity contribution is 0.0773. The number of nitrogens with zero attached hydrogens (tertiary/aromatic N) is 2. The molecule has 2 aromatic carbocycles. The number of aliphatic imine (C=N–C) groups is 1. The molecule has 0 atom stereocenters. The molecule has 2 aromatic rings. The van der Waals surface area contributed by atoms with Crippen LogP contribution in [0.1, 0.15) is 29.8 Å². The third-order valence-corrected chi connectivity index (χ3v) is 4.05. The van der Waals surface area contributed by atoms with E-state index in [2.05, 4.69) is 10.3 Å². The molecule has 0 radical (unpaired) electrons. The van der Waals surface area contributed by atoms with Crippen LogP contribution in [0.25, 0.3) is 0 Å². The standard InChI is InChI=1S/C20H26N4O2.HI/c1-4-24(5-2)19(25)16-8-6-15(7-9-16)14-22-20(21)23-17-10-12-18(26-3)13-11-17;/h6-13H,4-5,14H2,1-3H3,(H3,21,22,23);1H. The van der Waals surface area contributed by atoms with Gasteiger partial charge in [-0.3, -0.25) is 4.79 Å². The maximum absolute atomic E-state index is 12.3. The number of carbonyl (C=O) groups is 1. The first-order valence-corrected chi connectivity index (χ1v) is 8.66. The average molecular weight is 482 g/mol. The highest BCUT2D eigenvalue weighted by molar-refractivity contribution is 14.0. The third-order valence-electron chi connectivity index (χ3n) is 4.05. The van der Waals surface area contributed by atoms with Gasteiger partial charge >= 0.3 is 0 Å². The first-order valence-electron chi connectivity index (χ1n) is 8.66. The van der Waals surface area contributed by atoms with Crippen LogP contribution in [0.4, 0.5) is 5.69 Å². The Balaban J connectivity index is 0.00000364. The van der Waals surface area contributed by atoms with Crippen molar-refractivity contribution in [3.8, 4) is 5.75 Å². The van der Waals surface area contributed by atoms with Crippen molar-refractivity contribution in [2.24, 2.45) is 10.7 Å². The van der Waals surface area contributed by atoms with Crippen LogP contribution in [-0.2, 0) is 6.54 Å². The largest absolute Gasteiger partial charge is 0.497 e. The molecule has 1 amide bonds. The maximum Gasteiger partial charge on any atom is 0.253 e. The summed E-state index contributed by atoms with van der Waals surface area (Å²) in [5.74, 6) is 1.16. The molecular weight excluding hydrogens is 455 g/mol. The molecule has 0 unspecified atom stereocenters. The summed E-state index contributed by atoms with van der Waals surface area (Å²) in [7, 11) is 1.62. The van der Waals surface area contributed by atoms with Gasteiger partial charge in [0.2, 0.25) is 0 Å². The Hall–Kier alpha value is -2.29. The minimum atomic E-state index is 0. The Morgan fingerprint density at radius 3 is 2.19 bits per heavy atom. The lowest BCUT2D eigenvalue weighted by Crippen LogP contribution is -2.30. The summed E-state index contributed by atoms with van der Waals surface area (Å²) in [6.45, 7) is 5.80. The molecular formula is C20H27IN4O2. The van der Waals surface area contributed by atoms with Gasteiger partial charge in [-0.2, -0.15) is 0 Å². The van der Waals surface area contributed by atoms with E-state index in [1.165, 1.54) is 0 Å². The Bertz CT molecular complexity index is 742. The quantitative estimate of drug-likeness (QED) is 0.358. The van der Waals surface area contributed by atoms with Crippen LogP contribution in [0.5, 0.6) is 5.75 Å². The van der Waals surface area contributed by atoms with Gasteiger partial charge in [0.1, 0.15) is 5.75 Å². The van der Waals surface area contributed by atoms with Crippen molar-refractivity contribution in [2.45, 2.75) is 20.4 Å². The Kier molecular flexibility index (Phi) is 9.63. The van der Waals surface area contributed by atoms with E-state index in [1.54, 1.807) is 12.0 Å². The second-order valence-electron chi connectivity index (χ2n) is 5.73. The fourth-order valence-corrected chi connectivity index (χ4v) is 2.48. The zero-order valence-electron chi connectivity index (χ0n) is 15.9. The van der Waals surface area contributed by atoms with Gasteiger partial charge in [0.25, 0.3) is 5.91 Å². The number of amides is 1. The van der Waals surface area contributed by atoms with Crippen LogP contribution in [0.2, 0.25) is 0 Å². The number of anilines is 1. The van der Waals surface area contributed by atoms with E-state index in [-0.39, 0.29) is 29.9 Å². The van der Waals surface area contributed by atoms with Gasteiger partial charge in [-0.15, -0.1) is 24.0 Å². The van der Waals surface area contributed by atoms with E-state index < -0.39 is 0 Å². The molecule has 0 fully saturated rings. The van der Waals surface area contributed by atoms with E-state index in [1.807, 2.05) is 62.4 Å².